The van der Waals surface area contributed by atoms with Crippen molar-refractivity contribution in [1.29, 1.82) is 0 Å². The van der Waals surface area contributed by atoms with Crippen molar-refractivity contribution in [3.8, 4) is 5.75 Å². The standard InChI is InChI=1S/C21H30N2O3.ClH/c1-14-12-16(6-7-20(14)26-17-8-10-25-11-9-17)22-21(24)19-13-15-4-2-3-5-18(15)23-19;/h6-7,12,15,17-19,23H,2-5,8-11,13H2,1H3,(H,22,24);1H. The highest BCUT2D eigenvalue weighted by molar-refractivity contribution is 5.95. The van der Waals surface area contributed by atoms with E-state index < -0.39 is 0 Å². The lowest BCUT2D eigenvalue weighted by atomic mass is 9.85. The Labute approximate surface area is 168 Å². The number of ether oxygens (including phenoxy) is 2. The SMILES string of the molecule is Cc1cc(NC(=O)C2CC3CCCCC3N2)ccc1OC1CCOCC1.Cl. The largest absolute Gasteiger partial charge is 0.490 e. The van der Waals surface area contributed by atoms with Crippen LogP contribution in [0.5, 0.6) is 5.75 Å². The average molecular weight is 395 g/mol. The Balaban J connectivity index is 0.00000210. The molecular weight excluding hydrogens is 364 g/mol. The van der Waals surface area contributed by atoms with Crippen molar-refractivity contribution in [3.63, 3.8) is 0 Å². The summed E-state index contributed by atoms with van der Waals surface area (Å²) in [6.07, 6.45) is 8.15. The zero-order valence-corrected chi connectivity index (χ0v) is 16.9. The molecule has 2 aliphatic heterocycles. The number of anilines is 1. The zero-order valence-electron chi connectivity index (χ0n) is 16.0. The van der Waals surface area contributed by atoms with Crippen molar-refractivity contribution >= 4 is 24.0 Å². The topological polar surface area (TPSA) is 59.6 Å². The maximum absolute atomic E-state index is 12.7. The van der Waals surface area contributed by atoms with Gasteiger partial charge < -0.3 is 20.1 Å². The van der Waals surface area contributed by atoms with Gasteiger partial charge in [-0.3, -0.25) is 4.79 Å². The zero-order chi connectivity index (χ0) is 17.9. The predicted octanol–water partition coefficient (Wildman–Crippen LogP) is 3.83. The van der Waals surface area contributed by atoms with Gasteiger partial charge in [0.1, 0.15) is 11.9 Å². The summed E-state index contributed by atoms with van der Waals surface area (Å²) in [5.41, 5.74) is 1.91. The Kier molecular flexibility index (Phi) is 7.01. The first-order valence-electron chi connectivity index (χ1n) is 10.1. The molecule has 1 aromatic carbocycles. The molecule has 3 aliphatic rings. The number of carbonyl (C=O) groups excluding carboxylic acids is 1. The molecule has 1 aromatic rings. The molecule has 27 heavy (non-hydrogen) atoms. The molecule has 2 N–H and O–H groups in total. The van der Waals surface area contributed by atoms with E-state index in [4.69, 9.17) is 9.47 Å². The van der Waals surface area contributed by atoms with Crippen LogP contribution in [0.4, 0.5) is 5.69 Å². The van der Waals surface area contributed by atoms with Crippen LogP contribution in [0.15, 0.2) is 18.2 Å². The van der Waals surface area contributed by atoms with Crippen LogP contribution in [-0.4, -0.2) is 37.3 Å². The fraction of sp³-hybridized carbons (Fsp3) is 0.667. The molecule has 150 valence electrons. The van der Waals surface area contributed by atoms with E-state index in [1.165, 1.54) is 25.7 Å². The summed E-state index contributed by atoms with van der Waals surface area (Å²) >= 11 is 0. The average Bonchev–Trinajstić information content (AvgIpc) is 3.09. The van der Waals surface area contributed by atoms with E-state index in [-0.39, 0.29) is 30.5 Å². The van der Waals surface area contributed by atoms with E-state index in [0.717, 1.165) is 49.5 Å². The molecule has 0 bridgehead atoms. The summed E-state index contributed by atoms with van der Waals surface area (Å²) in [5, 5.41) is 6.63. The molecule has 0 aromatic heterocycles. The van der Waals surface area contributed by atoms with Crippen LogP contribution in [0.1, 0.15) is 50.5 Å². The molecule has 0 spiro atoms. The minimum absolute atomic E-state index is 0. The van der Waals surface area contributed by atoms with Crippen molar-refractivity contribution in [3.05, 3.63) is 23.8 Å². The number of hydrogen-bond donors (Lipinski definition) is 2. The van der Waals surface area contributed by atoms with Crippen molar-refractivity contribution in [2.24, 2.45) is 5.92 Å². The molecule has 1 saturated carbocycles. The summed E-state index contributed by atoms with van der Waals surface area (Å²) in [4.78, 5) is 12.7. The number of halogens is 1. The summed E-state index contributed by atoms with van der Waals surface area (Å²) in [5.74, 6) is 1.67. The fourth-order valence-corrected chi connectivity index (χ4v) is 4.58. The first-order chi connectivity index (χ1) is 12.7. The third-order valence-electron chi connectivity index (χ3n) is 6.08. The number of carbonyl (C=O) groups is 1. The molecule has 0 radical (unpaired) electrons. The summed E-state index contributed by atoms with van der Waals surface area (Å²) in [7, 11) is 0. The molecular formula is C21H31ClN2O3. The third-order valence-corrected chi connectivity index (χ3v) is 6.08. The Bertz CT molecular complexity index is 634. The van der Waals surface area contributed by atoms with Gasteiger partial charge in [0.15, 0.2) is 0 Å². The van der Waals surface area contributed by atoms with Gasteiger partial charge in [0.05, 0.1) is 19.3 Å². The van der Waals surface area contributed by atoms with Crippen LogP contribution in [-0.2, 0) is 9.53 Å². The van der Waals surface area contributed by atoms with E-state index >= 15 is 0 Å². The van der Waals surface area contributed by atoms with Crippen LogP contribution >= 0.6 is 12.4 Å². The molecule has 3 unspecified atom stereocenters. The summed E-state index contributed by atoms with van der Waals surface area (Å²) < 4.78 is 11.5. The number of nitrogens with one attached hydrogen (secondary N) is 2. The van der Waals surface area contributed by atoms with Crippen molar-refractivity contribution in [2.75, 3.05) is 18.5 Å². The molecule has 3 atom stereocenters. The number of aryl methyl sites for hydroxylation is 1. The Morgan fingerprint density at radius 1 is 1.19 bits per heavy atom. The molecule has 3 fully saturated rings. The summed E-state index contributed by atoms with van der Waals surface area (Å²) in [6, 6.07) is 6.41. The maximum atomic E-state index is 12.7. The molecule has 4 rings (SSSR count). The van der Waals surface area contributed by atoms with Crippen LogP contribution in [0.2, 0.25) is 0 Å². The van der Waals surface area contributed by atoms with Crippen molar-refractivity contribution < 1.29 is 14.3 Å². The van der Waals surface area contributed by atoms with Gasteiger partial charge in [-0.25, -0.2) is 0 Å². The first kappa shape index (κ1) is 20.4. The van der Waals surface area contributed by atoms with Crippen LogP contribution < -0.4 is 15.4 Å². The third kappa shape index (κ3) is 4.95. The van der Waals surface area contributed by atoms with E-state index in [1.807, 2.05) is 25.1 Å². The van der Waals surface area contributed by atoms with Crippen LogP contribution in [0, 0.1) is 12.8 Å². The second kappa shape index (κ2) is 9.26. The number of fused-ring (bicyclic) bond motifs is 1. The van der Waals surface area contributed by atoms with Crippen molar-refractivity contribution in [2.45, 2.75) is 70.1 Å². The quantitative estimate of drug-likeness (QED) is 0.814. The normalized spacial score (nSPS) is 28.1. The number of hydrogen-bond acceptors (Lipinski definition) is 4. The van der Waals surface area contributed by atoms with Gasteiger partial charge >= 0.3 is 0 Å². The number of rotatable bonds is 4. The Morgan fingerprint density at radius 2 is 1.96 bits per heavy atom. The van der Waals surface area contributed by atoms with Crippen LogP contribution in [0.25, 0.3) is 0 Å². The second-order valence-corrected chi connectivity index (χ2v) is 8.01. The highest BCUT2D eigenvalue weighted by atomic mass is 35.5. The lowest BCUT2D eigenvalue weighted by Gasteiger charge is -2.24. The highest BCUT2D eigenvalue weighted by Gasteiger charge is 2.38. The molecule has 6 heteroatoms. The number of benzene rings is 1. The van der Waals surface area contributed by atoms with Crippen molar-refractivity contribution in [1.82, 2.24) is 5.32 Å². The van der Waals surface area contributed by atoms with E-state index in [1.54, 1.807) is 0 Å². The minimum Gasteiger partial charge on any atom is -0.490 e. The Hall–Kier alpha value is -1.30. The molecule has 5 nitrogen and oxygen atoms in total. The van der Waals surface area contributed by atoms with Gasteiger partial charge in [-0.05, 0) is 55.9 Å². The number of amides is 1. The van der Waals surface area contributed by atoms with Gasteiger partial charge in [-0.15, -0.1) is 12.4 Å². The molecule has 1 amide bonds. The van der Waals surface area contributed by atoms with Gasteiger partial charge in [-0.2, -0.15) is 0 Å². The van der Waals surface area contributed by atoms with E-state index in [2.05, 4.69) is 10.6 Å². The van der Waals surface area contributed by atoms with Gasteiger partial charge in [0, 0.05) is 24.6 Å². The minimum atomic E-state index is -0.0541. The predicted molar refractivity (Wildman–Crippen MR) is 109 cm³/mol. The highest BCUT2D eigenvalue weighted by Crippen LogP contribution is 2.33. The first-order valence-corrected chi connectivity index (χ1v) is 10.1. The fourth-order valence-electron chi connectivity index (χ4n) is 4.58. The maximum Gasteiger partial charge on any atom is 0.241 e. The molecule has 2 heterocycles. The van der Waals surface area contributed by atoms with E-state index in [0.29, 0.717) is 12.0 Å². The van der Waals surface area contributed by atoms with Gasteiger partial charge in [0.2, 0.25) is 5.91 Å². The van der Waals surface area contributed by atoms with Crippen LogP contribution in [0.3, 0.4) is 0 Å². The smallest absolute Gasteiger partial charge is 0.241 e. The lowest BCUT2D eigenvalue weighted by Crippen LogP contribution is -2.39. The Morgan fingerprint density at radius 3 is 2.70 bits per heavy atom. The molecule has 2 saturated heterocycles. The monoisotopic (exact) mass is 394 g/mol. The molecule has 1 aliphatic carbocycles. The van der Waals surface area contributed by atoms with Gasteiger partial charge in [0.25, 0.3) is 0 Å². The lowest BCUT2D eigenvalue weighted by molar-refractivity contribution is -0.117. The second-order valence-electron chi connectivity index (χ2n) is 8.01. The summed E-state index contributed by atoms with van der Waals surface area (Å²) in [6.45, 7) is 3.58. The van der Waals surface area contributed by atoms with E-state index in [9.17, 15) is 4.79 Å². The van der Waals surface area contributed by atoms with Gasteiger partial charge in [-0.1, -0.05) is 12.8 Å².